The summed E-state index contributed by atoms with van der Waals surface area (Å²) < 4.78 is 12.6. The van der Waals surface area contributed by atoms with Crippen molar-refractivity contribution in [2.24, 2.45) is 5.92 Å². The number of hydrogen-bond donors (Lipinski definition) is 0. The molecule has 1 aromatic carbocycles. The van der Waals surface area contributed by atoms with E-state index in [4.69, 9.17) is 0 Å². The molecule has 0 spiro atoms. The van der Waals surface area contributed by atoms with Gasteiger partial charge in [-0.3, -0.25) is 4.79 Å². The second-order valence-corrected chi connectivity index (χ2v) is 4.51. The van der Waals surface area contributed by atoms with Crippen LogP contribution in [0.2, 0.25) is 0 Å². The normalized spacial score (nSPS) is 9.89. The smallest absolute Gasteiger partial charge is 0.162 e. The molecule has 1 nitrogen and oxygen atoms in total. The van der Waals surface area contributed by atoms with Gasteiger partial charge in [-0.25, -0.2) is 4.39 Å². The van der Waals surface area contributed by atoms with Gasteiger partial charge in [-0.05, 0) is 25.0 Å². The van der Waals surface area contributed by atoms with Crippen LogP contribution < -0.4 is 0 Å². The molecule has 0 atom stereocenters. The second kappa shape index (κ2) is 9.81. The number of carbonyl (C=O) groups excluding carboxylic acids is 1. The summed E-state index contributed by atoms with van der Waals surface area (Å²) in [6, 6.07) is 5.94. The zero-order chi connectivity index (χ0) is 14.0. The number of hydrogen-bond acceptors (Lipinski definition) is 1. The van der Waals surface area contributed by atoms with Gasteiger partial charge in [0, 0.05) is 0 Å². The molecular weight excluding hydrogens is 227 g/mol. The van der Waals surface area contributed by atoms with Gasteiger partial charge in [-0.2, -0.15) is 0 Å². The molecule has 1 aromatic rings. The third-order valence-electron chi connectivity index (χ3n) is 3.10. The highest BCUT2D eigenvalue weighted by molar-refractivity contribution is 5.94. The van der Waals surface area contributed by atoms with Crippen LogP contribution in [-0.4, -0.2) is 5.78 Å². The minimum Gasteiger partial charge on any atom is -0.294 e. The van der Waals surface area contributed by atoms with E-state index >= 15 is 0 Å². The SMILES string of the molecule is CC(=O)c1ccccc1F.CCCC(CC)CC. The Morgan fingerprint density at radius 3 is 2.00 bits per heavy atom. The highest BCUT2D eigenvalue weighted by atomic mass is 19.1. The topological polar surface area (TPSA) is 17.1 Å². The summed E-state index contributed by atoms with van der Waals surface area (Å²) in [4.78, 5) is 10.6. The van der Waals surface area contributed by atoms with E-state index in [0.717, 1.165) is 5.92 Å². The van der Waals surface area contributed by atoms with Crippen molar-refractivity contribution in [1.29, 1.82) is 0 Å². The monoisotopic (exact) mass is 252 g/mol. The van der Waals surface area contributed by atoms with E-state index in [2.05, 4.69) is 20.8 Å². The molecule has 18 heavy (non-hydrogen) atoms. The van der Waals surface area contributed by atoms with E-state index in [1.54, 1.807) is 12.1 Å². The summed E-state index contributed by atoms with van der Waals surface area (Å²) in [6.07, 6.45) is 5.51. The third-order valence-corrected chi connectivity index (χ3v) is 3.10. The molecule has 0 aliphatic carbocycles. The van der Waals surface area contributed by atoms with Crippen LogP contribution in [0.25, 0.3) is 0 Å². The Morgan fingerprint density at radius 1 is 1.17 bits per heavy atom. The lowest BCUT2D eigenvalue weighted by atomic mass is 9.98. The first-order valence-electron chi connectivity index (χ1n) is 6.82. The van der Waals surface area contributed by atoms with Gasteiger partial charge in [0.15, 0.2) is 5.78 Å². The lowest BCUT2D eigenvalue weighted by Gasteiger charge is -2.08. The predicted molar refractivity (Wildman–Crippen MR) is 75.4 cm³/mol. The van der Waals surface area contributed by atoms with E-state index in [1.807, 2.05) is 0 Å². The molecule has 0 N–H and O–H groups in total. The number of ketones is 1. The number of benzene rings is 1. The molecule has 0 aliphatic rings. The van der Waals surface area contributed by atoms with Crippen molar-refractivity contribution in [2.75, 3.05) is 0 Å². The maximum Gasteiger partial charge on any atom is 0.162 e. The number of rotatable bonds is 5. The maximum atomic E-state index is 12.6. The summed E-state index contributed by atoms with van der Waals surface area (Å²) in [5, 5.41) is 0. The van der Waals surface area contributed by atoms with Crippen molar-refractivity contribution >= 4 is 5.78 Å². The minimum atomic E-state index is -0.449. The summed E-state index contributed by atoms with van der Waals surface area (Å²) >= 11 is 0. The number of halogens is 1. The van der Waals surface area contributed by atoms with Crippen LogP contribution in [0.5, 0.6) is 0 Å². The molecular formula is C16H25FO. The van der Waals surface area contributed by atoms with Crippen molar-refractivity contribution in [3.05, 3.63) is 35.6 Å². The fourth-order valence-corrected chi connectivity index (χ4v) is 1.85. The Bertz CT molecular complexity index is 343. The standard InChI is InChI=1S/C8H7FO.C8H18/c1-6(10)7-4-2-3-5-8(7)9;1-4-7-8(5-2)6-3/h2-5H,1H3;8H,4-7H2,1-3H3. The van der Waals surface area contributed by atoms with Gasteiger partial charge < -0.3 is 0 Å². The van der Waals surface area contributed by atoms with E-state index in [1.165, 1.54) is 44.7 Å². The van der Waals surface area contributed by atoms with Gasteiger partial charge in [-0.1, -0.05) is 58.6 Å². The maximum absolute atomic E-state index is 12.6. The minimum absolute atomic E-state index is 0.155. The molecule has 1 rings (SSSR count). The van der Waals surface area contributed by atoms with Gasteiger partial charge in [0.05, 0.1) is 5.56 Å². The summed E-state index contributed by atoms with van der Waals surface area (Å²) in [6.45, 7) is 8.17. The second-order valence-electron chi connectivity index (χ2n) is 4.51. The summed E-state index contributed by atoms with van der Waals surface area (Å²) in [5.74, 6) is 0.313. The van der Waals surface area contributed by atoms with E-state index < -0.39 is 5.82 Å². The van der Waals surface area contributed by atoms with Crippen LogP contribution in [0.4, 0.5) is 4.39 Å². The average molecular weight is 252 g/mol. The van der Waals surface area contributed by atoms with Gasteiger partial charge in [0.25, 0.3) is 0 Å². The zero-order valence-corrected chi connectivity index (χ0v) is 12.0. The molecule has 0 heterocycles. The lowest BCUT2D eigenvalue weighted by molar-refractivity contribution is 0.101. The van der Waals surface area contributed by atoms with Crippen LogP contribution in [0.15, 0.2) is 24.3 Å². The molecule has 0 bridgehead atoms. The van der Waals surface area contributed by atoms with Crippen LogP contribution in [-0.2, 0) is 0 Å². The van der Waals surface area contributed by atoms with Crippen LogP contribution in [0.1, 0.15) is 63.7 Å². The number of Topliss-reactive ketones (excluding diaryl/α,β-unsaturated/α-hetero) is 1. The highest BCUT2D eigenvalue weighted by Gasteiger charge is 2.03. The van der Waals surface area contributed by atoms with Crippen LogP contribution in [0, 0.1) is 11.7 Å². The molecule has 0 amide bonds. The van der Waals surface area contributed by atoms with E-state index in [9.17, 15) is 9.18 Å². The Hall–Kier alpha value is -1.18. The third kappa shape index (κ3) is 6.53. The van der Waals surface area contributed by atoms with Gasteiger partial charge in [-0.15, -0.1) is 0 Å². The van der Waals surface area contributed by atoms with E-state index in [-0.39, 0.29) is 11.3 Å². The molecule has 0 saturated heterocycles. The first-order valence-corrected chi connectivity index (χ1v) is 6.82. The molecule has 0 aliphatic heterocycles. The molecule has 0 aromatic heterocycles. The predicted octanol–water partition coefficient (Wildman–Crippen LogP) is 5.25. The Labute approximate surface area is 110 Å². The molecule has 102 valence electrons. The molecule has 0 saturated carbocycles. The van der Waals surface area contributed by atoms with Crippen LogP contribution in [0.3, 0.4) is 0 Å². The fraction of sp³-hybridized carbons (Fsp3) is 0.562. The quantitative estimate of drug-likeness (QED) is 0.654. The van der Waals surface area contributed by atoms with Crippen LogP contribution >= 0.6 is 0 Å². The molecule has 0 unspecified atom stereocenters. The van der Waals surface area contributed by atoms with E-state index in [0.29, 0.717) is 0 Å². The van der Waals surface area contributed by atoms with Gasteiger partial charge in [0.2, 0.25) is 0 Å². The average Bonchev–Trinajstić information content (AvgIpc) is 2.37. The summed E-state index contributed by atoms with van der Waals surface area (Å²) in [5.41, 5.74) is 0.155. The van der Waals surface area contributed by atoms with Crippen molar-refractivity contribution in [2.45, 2.75) is 53.4 Å². The zero-order valence-electron chi connectivity index (χ0n) is 12.0. The van der Waals surface area contributed by atoms with Crippen molar-refractivity contribution in [3.8, 4) is 0 Å². The van der Waals surface area contributed by atoms with Crippen molar-refractivity contribution in [1.82, 2.24) is 0 Å². The molecule has 0 fully saturated rings. The Kier molecular flexibility index (Phi) is 9.17. The molecule has 2 heteroatoms. The first kappa shape index (κ1) is 16.8. The largest absolute Gasteiger partial charge is 0.294 e. The first-order chi connectivity index (χ1) is 8.56. The van der Waals surface area contributed by atoms with Gasteiger partial charge in [0.1, 0.15) is 5.82 Å². The van der Waals surface area contributed by atoms with Crippen molar-refractivity contribution in [3.63, 3.8) is 0 Å². The molecule has 0 radical (unpaired) electrons. The fourth-order valence-electron chi connectivity index (χ4n) is 1.85. The van der Waals surface area contributed by atoms with Crippen molar-refractivity contribution < 1.29 is 9.18 Å². The Morgan fingerprint density at radius 2 is 1.72 bits per heavy atom. The van der Waals surface area contributed by atoms with Gasteiger partial charge >= 0.3 is 0 Å². The summed E-state index contributed by atoms with van der Waals surface area (Å²) in [7, 11) is 0. The lowest BCUT2D eigenvalue weighted by Crippen LogP contribution is -1.94. The number of carbonyl (C=O) groups is 1. The Balaban J connectivity index is 0.000000331. The highest BCUT2D eigenvalue weighted by Crippen LogP contribution is 2.13.